The van der Waals surface area contributed by atoms with E-state index in [-0.39, 0.29) is 11.9 Å². The standard InChI is InChI=1S/C16H26FN3/c1-12-10-13(6-7-14(12)17)16(18-2)15-11-19(3)8-5-9-20(15)4/h6-7,10,15-16,18H,5,8-9,11H2,1-4H3. The van der Waals surface area contributed by atoms with Crippen LogP contribution in [0.5, 0.6) is 0 Å². The van der Waals surface area contributed by atoms with Gasteiger partial charge >= 0.3 is 0 Å². The van der Waals surface area contributed by atoms with E-state index < -0.39 is 0 Å². The third-order valence-electron chi connectivity index (χ3n) is 4.35. The second-order valence-electron chi connectivity index (χ2n) is 5.94. The molecule has 0 radical (unpaired) electrons. The molecule has 112 valence electrons. The van der Waals surface area contributed by atoms with E-state index in [0.29, 0.717) is 11.6 Å². The van der Waals surface area contributed by atoms with Crippen LogP contribution in [0, 0.1) is 12.7 Å². The number of hydrogen-bond donors (Lipinski definition) is 1. The van der Waals surface area contributed by atoms with Gasteiger partial charge in [0.1, 0.15) is 5.82 Å². The van der Waals surface area contributed by atoms with Gasteiger partial charge in [-0.15, -0.1) is 0 Å². The maximum atomic E-state index is 13.5. The zero-order valence-corrected chi connectivity index (χ0v) is 13.0. The van der Waals surface area contributed by atoms with E-state index in [2.05, 4.69) is 29.2 Å². The molecule has 1 N–H and O–H groups in total. The van der Waals surface area contributed by atoms with Crippen molar-refractivity contribution in [3.63, 3.8) is 0 Å². The fraction of sp³-hybridized carbons (Fsp3) is 0.625. The lowest BCUT2D eigenvalue weighted by Crippen LogP contribution is -2.46. The number of likely N-dealkylation sites (N-methyl/N-ethyl adjacent to an activating group) is 3. The van der Waals surface area contributed by atoms with Gasteiger partial charge in [0.15, 0.2) is 0 Å². The topological polar surface area (TPSA) is 18.5 Å². The normalized spacial score (nSPS) is 23.6. The van der Waals surface area contributed by atoms with Crippen molar-refractivity contribution in [1.29, 1.82) is 0 Å². The SMILES string of the molecule is CNC(c1ccc(F)c(C)c1)C1CN(C)CCCN1C. The van der Waals surface area contributed by atoms with E-state index in [9.17, 15) is 4.39 Å². The summed E-state index contributed by atoms with van der Waals surface area (Å²) in [4.78, 5) is 4.80. The lowest BCUT2D eigenvalue weighted by molar-refractivity contribution is 0.182. The molecule has 0 amide bonds. The van der Waals surface area contributed by atoms with Crippen LogP contribution in [0.25, 0.3) is 0 Å². The third kappa shape index (κ3) is 3.37. The Balaban J connectivity index is 2.27. The van der Waals surface area contributed by atoms with Gasteiger partial charge in [-0.05, 0) is 64.8 Å². The van der Waals surface area contributed by atoms with E-state index in [1.54, 1.807) is 6.07 Å². The highest BCUT2D eigenvalue weighted by Gasteiger charge is 2.28. The summed E-state index contributed by atoms with van der Waals surface area (Å²) in [5, 5.41) is 3.42. The van der Waals surface area contributed by atoms with E-state index in [1.165, 1.54) is 12.0 Å². The monoisotopic (exact) mass is 279 g/mol. The maximum absolute atomic E-state index is 13.5. The van der Waals surface area contributed by atoms with Crippen molar-refractivity contribution in [1.82, 2.24) is 15.1 Å². The Kier molecular flexibility index (Phi) is 5.13. The molecule has 1 aliphatic heterocycles. The van der Waals surface area contributed by atoms with Gasteiger partial charge in [-0.1, -0.05) is 12.1 Å². The summed E-state index contributed by atoms with van der Waals surface area (Å²) in [6.45, 7) is 5.10. The van der Waals surface area contributed by atoms with Crippen molar-refractivity contribution in [3.8, 4) is 0 Å². The molecule has 0 spiro atoms. The van der Waals surface area contributed by atoms with E-state index in [0.717, 1.165) is 19.6 Å². The Morgan fingerprint density at radius 2 is 2.05 bits per heavy atom. The Morgan fingerprint density at radius 1 is 1.30 bits per heavy atom. The summed E-state index contributed by atoms with van der Waals surface area (Å²) in [7, 11) is 6.35. The minimum Gasteiger partial charge on any atom is -0.312 e. The molecule has 2 rings (SSSR count). The predicted molar refractivity (Wildman–Crippen MR) is 81.5 cm³/mol. The first kappa shape index (κ1) is 15.4. The molecule has 0 aliphatic carbocycles. The number of hydrogen-bond acceptors (Lipinski definition) is 3. The van der Waals surface area contributed by atoms with Gasteiger partial charge in [0.2, 0.25) is 0 Å². The zero-order valence-electron chi connectivity index (χ0n) is 13.0. The molecule has 1 aromatic rings. The number of nitrogens with one attached hydrogen (secondary N) is 1. The highest BCUT2D eigenvalue weighted by Crippen LogP contribution is 2.24. The Morgan fingerprint density at radius 3 is 2.70 bits per heavy atom. The first-order valence-electron chi connectivity index (χ1n) is 7.35. The predicted octanol–water partition coefficient (Wildman–Crippen LogP) is 2.03. The quantitative estimate of drug-likeness (QED) is 0.913. The second-order valence-corrected chi connectivity index (χ2v) is 5.94. The van der Waals surface area contributed by atoms with Gasteiger partial charge in [0.25, 0.3) is 0 Å². The molecule has 0 bridgehead atoms. The molecular formula is C16H26FN3. The van der Waals surface area contributed by atoms with Crippen molar-refractivity contribution in [2.75, 3.05) is 40.8 Å². The number of rotatable bonds is 3. The molecule has 1 saturated heterocycles. The summed E-state index contributed by atoms with van der Waals surface area (Å²) in [6, 6.07) is 6.07. The molecule has 0 saturated carbocycles. The molecule has 1 aromatic carbocycles. The molecule has 1 aliphatic rings. The molecule has 1 fully saturated rings. The van der Waals surface area contributed by atoms with Crippen molar-refractivity contribution in [2.45, 2.75) is 25.4 Å². The molecule has 0 aromatic heterocycles. The fourth-order valence-electron chi connectivity index (χ4n) is 3.11. The van der Waals surface area contributed by atoms with Gasteiger partial charge in [-0.2, -0.15) is 0 Å². The van der Waals surface area contributed by atoms with Crippen LogP contribution >= 0.6 is 0 Å². The van der Waals surface area contributed by atoms with Crippen molar-refractivity contribution in [2.24, 2.45) is 0 Å². The molecular weight excluding hydrogens is 253 g/mol. The van der Waals surface area contributed by atoms with Crippen molar-refractivity contribution in [3.05, 3.63) is 35.1 Å². The van der Waals surface area contributed by atoms with Crippen LogP contribution in [0.2, 0.25) is 0 Å². The summed E-state index contributed by atoms with van der Waals surface area (Å²) < 4.78 is 13.5. The van der Waals surface area contributed by atoms with Crippen molar-refractivity contribution < 1.29 is 4.39 Å². The Labute approximate surface area is 121 Å². The molecule has 20 heavy (non-hydrogen) atoms. The van der Waals surface area contributed by atoms with Gasteiger partial charge in [-0.3, -0.25) is 0 Å². The molecule has 1 heterocycles. The summed E-state index contributed by atoms with van der Waals surface area (Å²) in [5.41, 5.74) is 1.88. The Hall–Kier alpha value is -0.970. The zero-order chi connectivity index (χ0) is 14.7. The Bertz CT molecular complexity index is 449. The van der Waals surface area contributed by atoms with Gasteiger partial charge in [-0.25, -0.2) is 4.39 Å². The molecule has 3 nitrogen and oxygen atoms in total. The minimum atomic E-state index is -0.130. The number of aryl methyl sites for hydroxylation is 1. The molecule has 2 atom stereocenters. The summed E-state index contributed by atoms with van der Waals surface area (Å²) in [6.07, 6.45) is 1.20. The van der Waals surface area contributed by atoms with Gasteiger partial charge in [0, 0.05) is 18.6 Å². The van der Waals surface area contributed by atoms with E-state index >= 15 is 0 Å². The number of halogens is 1. The van der Waals surface area contributed by atoms with Crippen molar-refractivity contribution >= 4 is 0 Å². The van der Waals surface area contributed by atoms with Gasteiger partial charge < -0.3 is 15.1 Å². The summed E-state index contributed by atoms with van der Waals surface area (Å²) in [5.74, 6) is -0.130. The third-order valence-corrected chi connectivity index (χ3v) is 4.35. The average Bonchev–Trinajstić information content (AvgIpc) is 2.57. The van der Waals surface area contributed by atoms with Crippen LogP contribution in [0.3, 0.4) is 0 Å². The first-order chi connectivity index (χ1) is 9.52. The van der Waals surface area contributed by atoms with Crippen LogP contribution in [0.4, 0.5) is 4.39 Å². The smallest absolute Gasteiger partial charge is 0.126 e. The highest BCUT2D eigenvalue weighted by atomic mass is 19.1. The minimum absolute atomic E-state index is 0.130. The van der Waals surface area contributed by atoms with E-state index in [1.807, 2.05) is 26.1 Å². The fourth-order valence-corrected chi connectivity index (χ4v) is 3.11. The maximum Gasteiger partial charge on any atom is 0.126 e. The van der Waals surface area contributed by atoms with Gasteiger partial charge in [0.05, 0.1) is 0 Å². The lowest BCUT2D eigenvalue weighted by atomic mass is 9.96. The number of nitrogens with zero attached hydrogens (tertiary/aromatic N) is 2. The van der Waals surface area contributed by atoms with E-state index in [4.69, 9.17) is 0 Å². The number of benzene rings is 1. The second kappa shape index (κ2) is 6.66. The first-order valence-corrected chi connectivity index (χ1v) is 7.35. The summed E-state index contributed by atoms with van der Waals surface area (Å²) >= 11 is 0. The van der Waals surface area contributed by atoms with Crippen LogP contribution in [-0.2, 0) is 0 Å². The van der Waals surface area contributed by atoms with Crippen LogP contribution in [-0.4, -0.2) is 56.6 Å². The van der Waals surface area contributed by atoms with Crippen LogP contribution in [0.1, 0.15) is 23.6 Å². The lowest BCUT2D eigenvalue weighted by Gasteiger charge is -2.34. The van der Waals surface area contributed by atoms with Crippen LogP contribution < -0.4 is 5.32 Å². The molecule has 2 unspecified atom stereocenters. The highest BCUT2D eigenvalue weighted by molar-refractivity contribution is 5.27. The average molecular weight is 279 g/mol. The molecule has 4 heteroatoms. The largest absolute Gasteiger partial charge is 0.312 e. The van der Waals surface area contributed by atoms with Crippen LogP contribution in [0.15, 0.2) is 18.2 Å².